The SMILES string of the molecule is O=C(c1cc(S(=O)(=O)N2CCC[C@@H](O)C2)c[nH]1)N1CCCc2ccccc21. The largest absolute Gasteiger partial charge is 0.392 e. The fourth-order valence-corrected chi connectivity index (χ4v) is 5.34. The number of sulfonamides is 1. The number of hydrogen-bond donors (Lipinski definition) is 2. The fourth-order valence-electron chi connectivity index (χ4n) is 3.83. The molecule has 8 heteroatoms. The average Bonchev–Trinajstić information content (AvgIpc) is 3.18. The molecule has 144 valence electrons. The lowest BCUT2D eigenvalue weighted by molar-refractivity contribution is 0.0980. The Balaban J connectivity index is 1.59. The molecule has 1 saturated heterocycles. The highest BCUT2D eigenvalue weighted by Gasteiger charge is 2.31. The number of para-hydroxylation sites is 1. The first-order chi connectivity index (χ1) is 13.0. The van der Waals surface area contributed by atoms with Gasteiger partial charge in [-0.25, -0.2) is 8.42 Å². The van der Waals surface area contributed by atoms with Crippen molar-refractivity contribution in [3.05, 3.63) is 47.8 Å². The van der Waals surface area contributed by atoms with Crippen LogP contribution in [0.5, 0.6) is 0 Å². The Labute approximate surface area is 158 Å². The zero-order valence-corrected chi connectivity index (χ0v) is 15.8. The van der Waals surface area contributed by atoms with E-state index in [9.17, 15) is 18.3 Å². The van der Waals surface area contributed by atoms with Gasteiger partial charge in [0.05, 0.1) is 6.10 Å². The third kappa shape index (κ3) is 3.40. The zero-order valence-electron chi connectivity index (χ0n) is 15.0. The number of β-amino-alcohol motifs (C(OH)–C–C–N with tert-alkyl or cyclic N) is 1. The molecule has 1 atom stereocenters. The van der Waals surface area contributed by atoms with Gasteiger partial charge in [0, 0.05) is 31.5 Å². The van der Waals surface area contributed by atoms with Gasteiger partial charge in [-0.1, -0.05) is 18.2 Å². The number of nitrogens with zero attached hydrogens (tertiary/aromatic N) is 2. The Morgan fingerprint density at radius 1 is 1.19 bits per heavy atom. The van der Waals surface area contributed by atoms with Crippen LogP contribution in [0.15, 0.2) is 41.4 Å². The highest BCUT2D eigenvalue weighted by Crippen LogP contribution is 2.29. The molecule has 1 fully saturated rings. The Hall–Kier alpha value is -2.16. The van der Waals surface area contributed by atoms with Crippen LogP contribution in [0.25, 0.3) is 0 Å². The minimum absolute atomic E-state index is 0.0604. The zero-order chi connectivity index (χ0) is 19.0. The summed E-state index contributed by atoms with van der Waals surface area (Å²) in [5.74, 6) is -0.234. The second-order valence-corrected chi connectivity index (χ2v) is 9.04. The van der Waals surface area contributed by atoms with Gasteiger partial charge in [0.1, 0.15) is 10.6 Å². The van der Waals surface area contributed by atoms with Gasteiger partial charge in [-0.15, -0.1) is 0 Å². The quantitative estimate of drug-likeness (QED) is 0.836. The molecule has 0 unspecified atom stereocenters. The molecule has 7 nitrogen and oxygen atoms in total. The summed E-state index contributed by atoms with van der Waals surface area (Å²) in [7, 11) is -3.73. The molecule has 2 aromatic rings. The molecule has 2 N–H and O–H groups in total. The van der Waals surface area contributed by atoms with Gasteiger partial charge < -0.3 is 15.0 Å². The lowest BCUT2D eigenvalue weighted by Crippen LogP contribution is -2.41. The highest BCUT2D eigenvalue weighted by atomic mass is 32.2. The summed E-state index contributed by atoms with van der Waals surface area (Å²) in [5.41, 5.74) is 2.26. The van der Waals surface area contributed by atoms with E-state index in [2.05, 4.69) is 4.98 Å². The van der Waals surface area contributed by atoms with Crippen molar-refractivity contribution in [2.45, 2.75) is 36.7 Å². The van der Waals surface area contributed by atoms with E-state index < -0.39 is 16.1 Å². The first kappa shape index (κ1) is 18.2. The van der Waals surface area contributed by atoms with Crippen LogP contribution in [0.1, 0.15) is 35.3 Å². The number of fused-ring (bicyclic) bond motifs is 1. The molecule has 1 aromatic carbocycles. The van der Waals surface area contributed by atoms with Crippen molar-refractivity contribution in [2.24, 2.45) is 0 Å². The Morgan fingerprint density at radius 3 is 2.81 bits per heavy atom. The number of nitrogens with one attached hydrogen (secondary N) is 1. The molecule has 2 aliphatic rings. The van der Waals surface area contributed by atoms with E-state index in [0.29, 0.717) is 25.9 Å². The lowest BCUT2D eigenvalue weighted by atomic mass is 10.0. The van der Waals surface area contributed by atoms with Gasteiger partial charge in [-0.3, -0.25) is 4.79 Å². The summed E-state index contributed by atoms with van der Waals surface area (Å²) in [5, 5.41) is 9.77. The molecule has 1 aromatic heterocycles. The summed E-state index contributed by atoms with van der Waals surface area (Å²) in [6.07, 6.45) is 3.76. The summed E-state index contributed by atoms with van der Waals surface area (Å²) >= 11 is 0. The number of carbonyl (C=O) groups is 1. The van der Waals surface area contributed by atoms with Crippen LogP contribution >= 0.6 is 0 Å². The summed E-state index contributed by atoms with van der Waals surface area (Å²) in [4.78, 5) is 17.6. The Kier molecular flexibility index (Phi) is 4.79. The van der Waals surface area contributed by atoms with E-state index in [-0.39, 0.29) is 23.0 Å². The predicted octanol–water partition coefficient (Wildman–Crippen LogP) is 1.75. The van der Waals surface area contributed by atoms with Crippen LogP contribution in [0.2, 0.25) is 0 Å². The first-order valence-electron chi connectivity index (χ1n) is 9.23. The number of amides is 1. The first-order valence-corrected chi connectivity index (χ1v) is 10.7. The van der Waals surface area contributed by atoms with Crippen molar-refractivity contribution < 1.29 is 18.3 Å². The monoisotopic (exact) mass is 389 g/mol. The van der Waals surface area contributed by atoms with E-state index in [1.54, 1.807) is 4.90 Å². The average molecular weight is 389 g/mol. The number of rotatable bonds is 3. The minimum atomic E-state index is -3.73. The lowest BCUT2D eigenvalue weighted by Gasteiger charge is -2.29. The maximum Gasteiger partial charge on any atom is 0.274 e. The minimum Gasteiger partial charge on any atom is -0.392 e. The number of hydrogen-bond acceptors (Lipinski definition) is 4. The molecule has 1 amide bonds. The standard InChI is InChI=1S/C19H23N3O4S/c23-15-7-4-9-21(13-15)27(25,26)16-11-17(20-12-16)19(24)22-10-3-6-14-5-1-2-8-18(14)22/h1-2,5,8,11-12,15,20,23H,3-4,6-7,9-10,13H2/t15-/m1/s1. The van der Waals surface area contributed by atoms with Crippen LogP contribution < -0.4 is 4.90 Å². The number of carbonyl (C=O) groups excluding carboxylic acids is 1. The summed E-state index contributed by atoms with van der Waals surface area (Å²) < 4.78 is 26.9. The molecule has 0 bridgehead atoms. The van der Waals surface area contributed by atoms with Crippen molar-refractivity contribution in [1.82, 2.24) is 9.29 Å². The van der Waals surface area contributed by atoms with Gasteiger partial charge in [0.25, 0.3) is 5.91 Å². The number of benzene rings is 1. The molecular weight excluding hydrogens is 366 g/mol. The molecule has 0 spiro atoms. The van der Waals surface area contributed by atoms with Gasteiger partial charge in [0.2, 0.25) is 10.0 Å². The van der Waals surface area contributed by atoms with Gasteiger partial charge in [0.15, 0.2) is 0 Å². The second-order valence-electron chi connectivity index (χ2n) is 7.10. The molecule has 0 saturated carbocycles. The number of anilines is 1. The number of aryl methyl sites for hydroxylation is 1. The van der Waals surface area contributed by atoms with Crippen LogP contribution in [0.3, 0.4) is 0 Å². The summed E-state index contributed by atoms with van der Waals surface area (Å²) in [6, 6.07) is 9.19. The van der Waals surface area contributed by atoms with Crippen LogP contribution in [-0.2, 0) is 16.4 Å². The van der Waals surface area contributed by atoms with E-state index in [1.807, 2.05) is 24.3 Å². The van der Waals surface area contributed by atoms with E-state index in [0.717, 1.165) is 24.1 Å². The number of aromatic nitrogens is 1. The normalized spacial score (nSPS) is 21.1. The number of H-pyrrole nitrogens is 1. The van der Waals surface area contributed by atoms with Crippen LogP contribution in [0, 0.1) is 0 Å². The van der Waals surface area contributed by atoms with E-state index in [1.165, 1.54) is 16.6 Å². The molecule has 0 aliphatic carbocycles. The smallest absolute Gasteiger partial charge is 0.274 e. The number of aliphatic hydroxyl groups excluding tert-OH is 1. The van der Waals surface area contributed by atoms with Crippen molar-refractivity contribution >= 4 is 21.6 Å². The van der Waals surface area contributed by atoms with E-state index in [4.69, 9.17) is 0 Å². The van der Waals surface area contributed by atoms with Crippen molar-refractivity contribution in [3.63, 3.8) is 0 Å². The Morgan fingerprint density at radius 2 is 2.00 bits per heavy atom. The molecule has 3 heterocycles. The number of piperidine rings is 1. The van der Waals surface area contributed by atoms with Crippen molar-refractivity contribution in [3.8, 4) is 0 Å². The van der Waals surface area contributed by atoms with Crippen molar-refractivity contribution in [2.75, 3.05) is 24.5 Å². The van der Waals surface area contributed by atoms with Gasteiger partial charge in [-0.2, -0.15) is 4.31 Å². The molecule has 2 aliphatic heterocycles. The number of aliphatic hydroxyl groups is 1. The van der Waals surface area contributed by atoms with Crippen molar-refractivity contribution in [1.29, 1.82) is 0 Å². The summed E-state index contributed by atoms with van der Waals surface area (Å²) in [6.45, 7) is 1.08. The maximum absolute atomic E-state index is 13.0. The predicted molar refractivity (Wildman–Crippen MR) is 101 cm³/mol. The molecule has 4 rings (SSSR count). The molecule has 0 radical (unpaired) electrons. The molecule has 27 heavy (non-hydrogen) atoms. The van der Waals surface area contributed by atoms with E-state index >= 15 is 0 Å². The van der Waals surface area contributed by atoms with Crippen LogP contribution in [-0.4, -0.2) is 54.5 Å². The van der Waals surface area contributed by atoms with Gasteiger partial charge in [-0.05, 0) is 43.4 Å². The number of aromatic amines is 1. The maximum atomic E-state index is 13.0. The topological polar surface area (TPSA) is 93.7 Å². The Bertz CT molecular complexity index is 953. The third-order valence-electron chi connectivity index (χ3n) is 5.24. The highest BCUT2D eigenvalue weighted by molar-refractivity contribution is 7.89. The third-order valence-corrected chi connectivity index (χ3v) is 7.08. The fraction of sp³-hybridized carbons (Fsp3) is 0.421. The van der Waals surface area contributed by atoms with Crippen LogP contribution in [0.4, 0.5) is 5.69 Å². The van der Waals surface area contributed by atoms with Gasteiger partial charge >= 0.3 is 0 Å². The molecular formula is C19H23N3O4S. The second kappa shape index (κ2) is 7.10.